The van der Waals surface area contributed by atoms with Crippen LogP contribution in [0.3, 0.4) is 0 Å². The van der Waals surface area contributed by atoms with E-state index in [0.717, 1.165) is 0 Å². The predicted octanol–water partition coefficient (Wildman–Crippen LogP) is 4.14. The molecule has 170 valence electrons. The standard InChI is InChI=1S/C22H22BrClN2O5S/c1-25-17-10-16(23)21(27)15(11-26-5-7-31-8-6-26)19(17)20(22(28)29)18(25)12-32(30)14-4-2-3-13(24)9-14/h2-4,9-10,27H,5-8,11-12H2,1H3,(H,28,29). The molecule has 2 heterocycles. The molecule has 0 radical (unpaired) electrons. The van der Waals surface area contributed by atoms with E-state index in [9.17, 15) is 19.2 Å². The Morgan fingerprint density at radius 1 is 1.28 bits per heavy atom. The Morgan fingerprint density at radius 3 is 2.66 bits per heavy atom. The van der Waals surface area contributed by atoms with Crippen LogP contribution >= 0.6 is 27.5 Å². The third-order valence-corrected chi connectivity index (χ3v) is 7.82. The van der Waals surface area contributed by atoms with Crippen LogP contribution in [0.4, 0.5) is 0 Å². The van der Waals surface area contributed by atoms with Gasteiger partial charge >= 0.3 is 5.97 Å². The second-order valence-corrected chi connectivity index (χ2v) is 10.3. The highest BCUT2D eigenvalue weighted by Gasteiger charge is 2.28. The zero-order valence-electron chi connectivity index (χ0n) is 17.3. The number of aromatic nitrogens is 1. The summed E-state index contributed by atoms with van der Waals surface area (Å²) in [7, 11) is 0.249. The van der Waals surface area contributed by atoms with E-state index in [0.29, 0.717) is 69.4 Å². The van der Waals surface area contributed by atoms with Gasteiger partial charge in [0.1, 0.15) is 5.75 Å². The summed E-state index contributed by atoms with van der Waals surface area (Å²) in [4.78, 5) is 15.0. The van der Waals surface area contributed by atoms with Gasteiger partial charge in [0.25, 0.3) is 0 Å². The topological polar surface area (TPSA) is 92.0 Å². The second kappa shape index (κ2) is 9.52. The van der Waals surface area contributed by atoms with Crippen LogP contribution in [0.5, 0.6) is 5.75 Å². The van der Waals surface area contributed by atoms with Crippen LogP contribution in [0.25, 0.3) is 10.9 Å². The number of ether oxygens (including phenoxy) is 1. The minimum atomic E-state index is -1.50. The summed E-state index contributed by atoms with van der Waals surface area (Å²) in [6.45, 7) is 2.93. The minimum Gasteiger partial charge on any atom is -0.506 e. The second-order valence-electron chi connectivity index (χ2n) is 7.60. The Hall–Kier alpha value is -1.91. The van der Waals surface area contributed by atoms with Crippen molar-refractivity contribution in [2.45, 2.75) is 17.2 Å². The zero-order chi connectivity index (χ0) is 23.0. The highest BCUT2D eigenvalue weighted by molar-refractivity contribution is 9.10. The molecule has 10 heteroatoms. The van der Waals surface area contributed by atoms with Crippen LogP contribution in [0, 0.1) is 0 Å². The van der Waals surface area contributed by atoms with E-state index in [2.05, 4.69) is 20.8 Å². The van der Waals surface area contributed by atoms with Crippen LogP contribution in [0.2, 0.25) is 5.02 Å². The molecule has 1 unspecified atom stereocenters. The lowest BCUT2D eigenvalue weighted by atomic mass is 10.0. The number of aryl methyl sites for hydroxylation is 1. The van der Waals surface area contributed by atoms with Crippen molar-refractivity contribution in [2.24, 2.45) is 7.05 Å². The molecule has 1 aliphatic heterocycles. The number of rotatable bonds is 6. The summed E-state index contributed by atoms with van der Waals surface area (Å²) >= 11 is 9.44. The predicted molar refractivity (Wildman–Crippen MR) is 127 cm³/mol. The number of aromatic hydroxyl groups is 1. The monoisotopic (exact) mass is 540 g/mol. The molecule has 0 spiro atoms. The van der Waals surface area contributed by atoms with Gasteiger partial charge in [0, 0.05) is 53.2 Å². The third-order valence-electron chi connectivity index (χ3n) is 5.66. The smallest absolute Gasteiger partial charge is 0.338 e. The van der Waals surface area contributed by atoms with E-state index in [-0.39, 0.29) is 17.1 Å². The number of fused-ring (bicyclic) bond motifs is 1. The van der Waals surface area contributed by atoms with Crippen molar-refractivity contribution in [3.8, 4) is 5.75 Å². The van der Waals surface area contributed by atoms with Crippen molar-refractivity contribution in [2.75, 3.05) is 26.3 Å². The maximum atomic E-state index is 13.1. The number of benzene rings is 2. The lowest BCUT2D eigenvalue weighted by Crippen LogP contribution is -2.35. The van der Waals surface area contributed by atoms with Crippen molar-refractivity contribution in [1.29, 1.82) is 0 Å². The molecule has 1 atom stereocenters. The lowest BCUT2D eigenvalue weighted by Gasteiger charge is -2.27. The number of aromatic carboxylic acids is 1. The summed E-state index contributed by atoms with van der Waals surface area (Å²) < 4.78 is 20.7. The Bertz CT molecular complexity index is 1220. The van der Waals surface area contributed by atoms with Gasteiger partial charge < -0.3 is 19.5 Å². The van der Waals surface area contributed by atoms with Gasteiger partial charge in [-0.3, -0.25) is 9.11 Å². The fourth-order valence-electron chi connectivity index (χ4n) is 4.03. The van der Waals surface area contributed by atoms with Gasteiger partial charge in [0.15, 0.2) is 0 Å². The largest absolute Gasteiger partial charge is 0.506 e. The molecule has 1 aromatic heterocycles. The van der Waals surface area contributed by atoms with Crippen molar-refractivity contribution in [3.05, 3.63) is 56.6 Å². The Kier molecular flexibility index (Phi) is 6.92. The quantitative estimate of drug-likeness (QED) is 0.487. The van der Waals surface area contributed by atoms with E-state index in [1.54, 1.807) is 41.9 Å². The average Bonchev–Trinajstić information content (AvgIpc) is 3.03. The van der Waals surface area contributed by atoms with Crippen molar-refractivity contribution in [3.63, 3.8) is 0 Å². The first-order chi connectivity index (χ1) is 15.3. The molecule has 2 aromatic carbocycles. The number of phenols is 1. The first-order valence-corrected chi connectivity index (χ1v) is 12.5. The van der Waals surface area contributed by atoms with Crippen LogP contribution in [-0.4, -0.2) is 56.2 Å². The summed E-state index contributed by atoms with van der Waals surface area (Å²) in [5.74, 6) is -1.11. The molecule has 1 aliphatic rings. The summed E-state index contributed by atoms with van der Waals surface area (Å²) in [5, 5.41) is 21.9. The Labute approximate surface area is 201 Å². The van der Waals surface area contributed by atoms with Crippen LogP contribution < -0.4 is 0 Å². The van der Waals surface area contributed by atoms with Crippen LogP contribution in [0.15, 0.2) is 39.7 Å². The number of carboxylic acids is 1. The number of carboxylic acid groups (broad SMARTS) is 1. The van der Waals surface area contributed by atoms with E-state index < -0.39 is 16.8 Å². The zero-order valence-corrected chi connectivity index (χ0v) is 20.5. The molecule has 0 bridgehead atoms. The molecular weight excluding hydrogens is 520 g/mol. The number of hydrogen-bond acceptors (Lipinski definition) is 5. The molecule has 7 nitrogen and oxygen atoms in total. The highest BCUT2D eigenvalue weighted by atomic mass is 79.9. The number of nitrogens with zero attached hydrogens (tertiary/aromatic N) is 2. The van der Waals surface area contributed by atoms with Gasteiger partial charge in [-0.1, -0.05) is 17.7 Å². The molecule has 32 heavy (non-hydrogen) atoms. The summed E-state index contributed by atoms with van der Waals surface area (Å²) in [6, 6.07) is 8.43. The fourth-order valence-corrected chi connectivity index (χ4v) is 5.98. The summed E-state index contributed by atoms with van der Waals surface area (Å²) in [6.07, 6.45) is 0. The normalized spacial score (nSPS) is 15.8. The maximum absolute atomic E-state index is 13.1. The molecule has 2 N–H and O–H groups in total. The number of morpholine rings is 1. The van der Waals surface area contributed by atoms with Gasteiger partial charge in [-0.05, 0) is 40.2 Å². The van der Waals surface area contributed by atoms with Crippen LogP contribution in [-0.2, 0) is 34.9 Å². The van der Waals surface area contributed by atoms with Gasteiger partial charge in [0.05, 0.1) is 45.3 Å². The highest BCUT2D eigenvalue weighted by Crippen LogP contribution is 2.40. The van der Waals surface area contributed by atoms with E-state index in [4.69, 9.17) is 16.3 Å². The first kappa shape index (κ1) is 23.3. The van der Waals surface area contributed by atoms with Crippen molar-refractivity contribution >= 4 is 55.2 Å². The molecule has 0 amide bonds. The Morgan fingerprint density at radius 2 is 2.00 bits per heavy atom. The lowest BCUT2D eigenvalue weighted by molar-refractivity contribution is 0.0340. The number of halogens is 2. The van der Waals surface area contributed by atoms with E-state index >= 15 is 0 Å². The SMILES string of the molecule is Cn1c(CS(=O)c2cccc(Cl)c2)c(C(=O)O)c2c(CN3CCOCC3)c(O)c(Br)cc21. The number of phenolic OH excluding ortho intramolecular Hbond substituents is 1. The van der Waals surface area contributed by atoms with Crippen molar-refractivity contribution < 1.29 is 24.0 Å². The summed E-state index contributed by atoms with van der Waals surface area (Å²) in [5.41, 5.74) is 1.66. The van der Waals surface area contributed by atoms with Crippen LogP contribution in [0.1, 0.15) is 21.6 Å². The first-order valence-electron chi connectivity index (χ1n) is 9.97. The molecule has 3 aromatic rings. The minimum absolute atomic E-state index is 0.00251. The van der Waals surface area contributed by atoms with Gasteiger partial charge in [0.2, 0.25) is 0 Å². The average molecular weight is 542 g/mol. The van der Waals surface area contributed by atoms with Gasteiger partial charge in [-0.25, -0.2) is 4.79 Å². The van der Waals surface area contributed by atoms with Crippen molar-refractivity contribution in [1.82, 2.24) is 9.47 Å². The number of hydrogen-bond donors (Lipinski definition) is 2. The van der Waals surface area contributed by atoms with Gasteiger partial charge in [-0.2, -0.15) is 0 Å². The molecule has 1 fully saturated rings. The third kappa shape index (κ3) is 4.45. The molecule has 1 saturated heterocycles. The molecule has 4 rings (SSSR count). The van der Waals surface area contributed by atoms with E-state index in [1.807, 2.05) is 0 Å². The maximum Gasteiger partial charge on any atom is 0.338 e. The fraction of sp³-hybridized carbons (Fsp3) is 0.318. The molecule has 0 saturated carbocycles. The number of carbonyl (C=O) groups is 1. The molecular formula is C22H22BrClN2O5S. The van der Waals surface area contributed by atoms with Gasteiger partial charge in [-0.15, -0.1) is 0 Å². The molecule has 0 aliphatic carbocycles. The van der Waals surface area contributed by atoms with E-state index in [1.165, 1.54) is 0 Å². The Balaban J connectivity index is 1.86.